The summed E-state index contributed by atoms with van der Waals surface area (Å²) >= 11 is 7.31. The summed E-state index contributed by atoms with van der Waals surface area (Å²) in [6.45, 7) is 0.637. The molecule has 0 unspecified atom stereocenters. The molecule has 2 amide bonds. The minimum Gasteiger partial charge on any atom is -0.497 e. The summed E-state index contributed by atoms with van der Waals surface area (Å²) in [5, 5.41) is 7.93. The number of rotatable bonds is 7. The fourth-order valence-electron chi connectivity index (χ4n) is 2.37. The van der Waals surface area contributed by atoms with Crippen molar-refractivity contribution in [2.45, 2.75) is 13.1 Å². The number of nitrogens with one attached hydrogen (secondary N) is 2. The highest BCUT2D eigenvalue weighted by atomic mass is 35.5. The molecule has 28 heavy (non-hydrogen) atoms. The lowest BCUT2D eigenvalue weighted by molar-refractivity contribution is 0.0944. The minimum absolute atomic E-state index is 0.113. The van der Waals surface area contributed by atoms with Crippen LogP contribution in [0.4, 0.5) is 0 Å². The minimum atomic E-state index is -0.399. The van der Waals surface area contributed by atoms with E-state index in [1.54, 1.807) is 18.6 Å². The lowest BCUT2D eigenvalue weighted by Gasteiger charge is -2.07. The number of methoxy groups -OCH3 is 1. The molecule has 7 nitrogen and oxygen atoms in total. The van der Waals surface area contributed by atoms with Crippen molar-refractivity contribution in [2.75, 3.05) is 7.11 Å². The summed E-state index contributed by atoms with van der Waals surface area (Å²) < 4.78 is 5.16. The first-order chi connectivity index (χ1) is 13.5. The van der Waals surface area contributed by atoms with Crippen molar-refractivity contribution in [3.8, 4) is 5.75 Å². The standard InChI is InChI=1S/C19H17ClN4O3S/c1-27-14-4-2-3-12(5-14)8-21-18(25)16-7-17(24-11-23-16)19(26)22-9-15-6-13(20)10-28-15/h2-7,10-11H,8-9H2,1H3,(H,21,25)(H,22,26). The predicted octanol–water partition coefficient (Wildman–Crippen LogP) is 3.06. The summed E-state index contributed by atoms with van der Waals surface area (Å²) in [7, 11) is 1.58. The number of halogens is 1. The van der Waals surface area contributed by atoms with Crippen molar-refractivity contribution in [1.82, 2.24) is 20.6 Å². The number of nitrogens with zero attached hydrogens (tertiary/aromatic N) is 2. The second-order valence-electron chi connectivity index (χ2n) is 5.74. The monoisotopic (exact) mass is 416 g/mol. The van der Waals surface area contributed by atoms with Crippen molar-refractivity contribution in [2.24, 2.45) is 0 Å². The maximum absolute atomic E-state index is 12.4. The van der Waals surface area contributed by atoms with E-state index >= 15 is 0 Å². The van der Waals surface area contributed by atoms with E-state index in [1.807, 2.05) is 24.3 Å². The molecule has 2 N–H and O–H groups in total. The summed E-state index contributed by atoms with van der Waals surface area (Å²) in [6.07, 6.45) is 1.19. The van der Waals surface area contributed by atoms with E-state index in [1.165, 1.54) is 23.7 Å². The maximum atomic E-state index is 12.4. The Morgan fingerprint density at radius 3 is 2.43 bits per heavy atom. The highest BCUT2D eigenvalue weighted by Gasteiger charge is 2.13. The smallest absolute Gasteiger partial charge is 0.270 e. The van der Waals surface area contributed by atoms with Gasteiger partial charge in [0.15, 0.2) is 0 Å². The Kier molecular flexibility index (Phi) is 6.57. The third-order valence-electron chi connectivity index (χ3n) is 3.76. The third kappa shape index (κ3) is 5.28. The Balaban J connectivity index is 1.59. The van der Waals surface area contributed by atoms with Gasteiger partial charge in [-0.25, -0.2) is 9.97 Å². The van der Waals surface area contributed by atoms with E-state index in [-0.39, 0.29) is 11.4 Å². The second kappa shape index (κ2) is 9.29. The number of hydrogen-bond donors (Lipinski definition) is 2. The van der Waals surface area contributed by atoms with Gasteiger partial charge in [0.25, 0.3) is 11.8 Å². The largest absolute Gasteiger partial charge is 0.497 e. The number of benzene rings is 1. The van der Waals surface area contributed by atoms with Gasteiger partial charge in [-0.3, -0.25) is 9.59 Å². The molecule has 1 aromatic carbocycles. The molecular weight excluding hydrogens is 400 g/mol. The molecule has 0 bridgehead atoms. The molecule has 0 aliphatic heterocycles. The first kappa shape index (κ1) is 19.8. The Hall–Kier alpha value is -2.97. The van der Waals surface area contributed by atoms with Crippen molar-refractivity contribution in [3.05, 3.63) is 75.0 Å². The number of thiophene rings is 1. The van der Waals surface area contributed by atoms with Crippen LogP contribution in [0.3, 0.4) is 0 Å². The van der Waals surface area contributed by atoms with Gasteiger partial charge in [-0.15, -0.1) is 11.3 Å². The molecule has 0 saturated heterocycles. The molecule has 0 saturated carbocycles. The molecule has 144 valence electrons. The van der Waals surface area contributed by atoms with Crippen LogP contribution in [0, 0.1) is 0 Å². The second-order valence-corrected chi connectivity index (χ2v) is 7.17. The highest BCUT2D eigenvalue weighted by molar-refractivity contribution is 7.10. The maximum Gasteiger partial charge on any atom is 0.270 e. The summed E-state index contributed by atoms with van der Waals surface area (Å²) in [5.74, 6) is -0.0853. The highest BCUT2D eigenvalue weighted by Crippen LogP contribution is 2.18. The van der Waals surface area contributed by atoms with Crippen LogP contribution in [0.5, 0.6) is 5.75 Å². The van der Waals surface area contributed by atoms with Gasteiger partial charge in [0.2, 0.25) is 0 Å². The van der Waals surface area contributed by atoms with Crippen molar-refractivity contribution in [3.63, 3.8) is 0 Å². The molecule has 3 aromatic rings. The Labute approximate surface area is 170 Å². The molecular formula is C19H17ClN4O3S. The summed E-state index contributed by atoms with van der Waals surface area (Å²) in [5.41, 5.74) is 1.11. The van der Waals surface area contributed by atoms with E-state index in [9.17, 15) is 9.59 Å². The van der Waals surface area contributed by atoms with Gasteiger partial charge in [0.05, 0.1) is 18.7 Å². The van der Waals surface area contributed by atoms with E-state index in [2.05, 4.69) is 20.6 Å². The van der Waals surface area contributed by atoms with Gasteiger partial charge in [-0.05, 0) is 23.8 Å². The van der Waals surface area contributed by atoms with Crippen LogP contribution in [0.25, 0.3) is 0 Å². The number of amides is 2. The average Bonchev–Trinajstić information content (AvgIpc) is 3.15. The summed E-state index contributed by atoms with van der Waals surface area (Å²) in [4.78, 5) is 33.4. The first-order valence-electron chi connectivity index (χ1n) is 8.29. The lowest BCUT2D eigenvalue weighted by Crippen LogP contribution is -2.26. The number of hydrogen-bond acceptors (Lipinski definition) is 6. The van der Waals surface area contributed by atoms with Crippen LogP contribution in [0.2, 0.25) is 5.02 Å². The normalized spacial score (nSPS) is 10.4. The zero-order valence-electron chi connectivity index (χ0n) is 14.9. The number of aromatic nitrogens is 2. The summed E-state index contributed by atoms with van der Waals surface area (Å²) in [6, 6.07) is 10.5. The van der Waals surface area contributed by atoms with Crippen LogP contribution in [-0.4, -0.2) is 28.9 Å². The average molecular weight is 417 g/mol. The molecule has 9 heteroatoms. The van der Waals surface area contributed by atoms with Gasteiger partial charge in [-0.1, -0.05) is 23.7 Å². The molecule has 3 rings (SSSR count). The zero-order valence-corrected chi connectivity index (χ0v) is 16.5. The Morgan fingerprint density at radius 2 is 1.79 bits per heavy atom. The van der Waals surface area contributed by atoms with Crippen LogP contribution in [-0.2, 0) is 13.1 Å². The SMILES string of the molecule is COc1cccc(CNC(=O)c2cc(C(=O)NCc3cc(Cl)cs3)ncn2)c1. The Morgan fingerprint density at radius 1 is 1.07 bits per heavy atom. The van der Waals surface area contributed by atoms with Crippen LogP contribution < -0.4 is 15.4 Å². The van der Waals surface area contributed by atoms with Crippen LogP contribution in [0.15, 0.2) is 48.1 Å². The zero-order chi connectivity index (χ0) is 19.9. The third-order valence-corrected chi connectivity index (χ3v) is 5.05. The predicted molar refractivity (Wildman–Crippen MR) is 107 cm³/mol. The van der Waals surface area contributed by atoms with E-state index < -0.39 is 11.8 Å². The molecule has 0 atom stereocenters. The molecule has 0 spiro atoms. The first-order valence-corrected chi connectivity index (χ1v) is 9.55. The lowest BCUT2D eigenvalue weighted by atomic mass is 10.2. The number of carbonyl (C=O) groups is 2. The fraction of sp³-hybridized carbons (Fsp3) is 0.158. The molecule has 0 radical (unpaired) electrons. The molecule has 0 aliphatic carbocycles. The van der Waals surface area contributed by atoms with E-state index in [4.69, 9.17) is 16.3 Å². The molecule has 0 aliphatic rings. The van der Waals surface area contributed by atoms with E-state index in [0.717, 1.165) is 10.4 Å². The fourth-order valence-corrected chi connectivity index (χ4v) is 3.38. The molecule has 2 heterocycles. The van der Waals surface area contributed by atoms with Gasteiger partial charge in [0.1, 0.15) is 23.5 Å². The van der Waals surface area contributed by atoms with Crippen LogP contribution in [0.1, 0.15) is 31.4 Å². The van der Waals surface area contributed by atoms with Gasteiger partial charge < -0.3 is 15.4 Å². The Bertz CT molecular complexity index is 993. The van der Waals surface area contributed by atoms with Gasteiger partial charge in [-0.2, -0.15) is 0 Å². The van der Waals surface area contributed by atoms with Crippen molar-refractivity contribution in [1.29, 1.82) is 0 Å². The number of ether oxygens (including phenoxy) is 1. The van der Waals surface area contributed by atoms with E-state index in [0.29, 0.717) is 23.9 Å². The topological polar surface area (TPSA) is 93.2 Å². The molecule has 2 aromatic heterocycles. The van der Waals surface area contributed by atoms with Crippen molar-refractivity contribution < 1.29 is 14.3 Å². The van der Waals surface area contributed by atoms with Crippen LogP contribution >= 0.6 is 22.9 Å². The quantitative estimate of drug-likeness (QED) is 0.617. The van der Waals surface area contributed by atoms with Crippen molar-refractivity contribution >= 4 is 34.8 Å². The van der Waals surface area contributed by atoms with Gasteiger partial charge >= 0.3 is 0 Å². The number of carbonyl (C=O) groups excluding carboxylic acids is 2. The molecule has 0 fully saturated rings. The van der Waals surface area contributed by atoms with Gasteiger partial charge in [0, 0.05) is 22.9 Å².